The van der Waals surface area contributed by atoms with Gasteiger partial charge in [-0.15, -0.1) is 0 Å². The second-order valence-corrected chi connectivity index (χ2v) is 6.38. The number of nitrogens with zero attached hydrogens (tertiary/aromatic N) is 2. The summed E-state index contributed by atoms with van der Waals surface area (Å²) in [7, 11) is -3.24. The summed E-state index contributed by atoms with van der Waals surface area (Å²) in [5.74, 6) is -1.08. The third-order valence-electron chi connectivity index (χ3n) is 3.00. The lowest BCUT2D eigenvalue weighted by Gasteiger charge is -2.33. The van der Waals surface area contributed by atoms with Gasteiger partial charge in [-0.2, -0.15) is 4.31 Å². The van der Waals surface area contributed by atoms with E-state index in [0.29, 0.717) is 6.42 Å². The Morgan fingerprint density at radius 2 is 1.79 bits per heavy atom. The fourth-order valence-corrected chi connectivity index (χ4v) is 2.63. The molecule has 0 bridgehead atoms. The van der Waals surface area contributed by atoms with Gasteiger partial charge in [0.05, 0.1) is 6.26 Å². The van der Waals surface area contributed by atoms with Crippen LogP contribution in [0, 0.1) is 0 Å². The van der Waals surface area contributed by atoms with Crippen molar-refractivity contribution in [3.05, 3.63) is 0 Å². The van der Waals surface area contributed by atoms with E-state index in [1.807, 2.05) is 0 Å². The van der Waals surface area contributed by atoms with Gasteiger partial charge in [-0.1, -0.05) is 6.92 Å². The number of urea groups is 1. The molecule has 1 atom stereocenters. The number of aliphatic carboxylic acids is 1. The molecule has 1 aliphatic heterocycles. The van der Waals surface area contributed by atoms with Crippen LogP contribution in [0.25, 0.3) is 0 Å². The predicted molar refractivity (Wildman–Crippen MR) is 68.2 cm³/mol. The Kier molecular flexibility index (Phi) is 5.12. The molecule has 0 aromatic carbocycles. The Morgan fingerprint density at radius 1 is 1.26 bits per heavy atom. The van der Waals surface area contributed by atoms with Gasteiger partial charge in [0.15, 0.2) is 0 Å². The largest absolute Gasteiger partial charge is 0.480 e. The highest BCUT2D eigenvalue weighted by molar-refractivity contribution is 7.88. The number of piperazine rings is 1. The van der Waals surface area contributed by atoms with Crippen LogP contribution in [-0.2, 0) is 14.8 Å². The lowest BCUT2D eigenvalue weighted by Crippen LogP contribution is -2.55. The molecule has 1 rings (SSSR count). The minimum atomic E-state index is -3.24. The number of carboxylic acid groups (broad SMARTS) is 1. The molecule has 1 heterocycles. The summed E-state index contributed by atoms with van der Waals surface area (Å²) in [6, 6.07) is -1.39. The summed E-state index contributed by atoms with van der Waals surface area (Å²) in [6.07, 6.45) is 1.42. The number of sulfonamides is 1. The summed E-state index contributed by atoms with van der Waals surface area (Å²) in [5.41, 5.74) is 0. The van der Waals surface area contributed by atoms with Gasteiger partial charge in [-0.3, -0.25) is 0 Å². The summed E-state index contributed by atoms with van der Waals surface area (Å²) >= 11 is 0. The first-order chi connectivity index (χ1) is 8.75. The Balaban J connectivity index is 2.51. The van der Waals surface area contributed by atoms with Gasteiger partial charge >= 0.3 is 12.0 Å². The molecular formula is C10H19N3O5S. The molecule has 1 fully saturated rings. The first-order valence-corrected chi connectivity index (χ1v) is 7.84. The maximum absolute atomic E-state index is 11.8. The number of nitrogens with one attached hydrogen (secondary N) is 1. The number of carboxylic acids is 1. The van der Waals surface area contributed by atoms with Gasteiger partial charge < -0.3 is 15.3 Å². The molecule has 0 radical (unpaired) electrons. The van der Waals surface area contributed by atoms with E-state index in [4.69, 9.17) is 5.11 Å². The number of carbonyl (C=O) groups excluding carboxylic acids is 1. The van der Waals surface area contributed by atoms with Crippen molar-refractivity contribution in [2.75, 3.05) is 32.4 Å². The molecule has 0 saturated carbocycles. The SMILES string of the molecule is CC[C@H](NC(=O)N1CCN(S(C)(=O)=O)CC1)C(=O)O. The number of hydrogen-bond donors (Lipinski definition) is 2. The first-order valence-electron chi connectivity index (χ1n) is 5.99. The molecule has 0 aromatic rings. The molecular weight excluding hydrogens is 274 g/mol. The van der Waals surface area contributed by atoms with Crippen molar-refractivity contribution in [1.82, 2.24) is 14.5 Å². The molecule has 0 unspecified atom stereocenters. The van der Waals surface area contributed by atoms with Crippen molar-refractivity contribution >= 4 is 22.0 Å². The van der Waals surface area contributed by atoms with Gasteiger partial charge in [0.2, 0.25) is 10.0 Å². The van der Waals surface area contributed by atoms with E-state index in [1.54, 1.807) is 6.92 Å². The number of hydrogen-bond acceptors (Lipinski definition) is 4. The maximum atomic E-state index is 11.8. The molecule has 2 amide bonds. The van der Waals surface area contributed by atoms with E-state index in [-0.39, 0.29) is 26.2 Å². The lowest BCUT2D eigenvalue weighted by molar-refractivity contribution is -0.139. The smallest absolute Gasteiger partial charge is 0.326 e. The molecule has 0 spiro atoms. The van der Waals surface area contributed by atoms with Crippen molar-refractivity contribution in [3.63, 3.8) is 0 Å². The van der Waals surface area contributed by atoms with Crippen LogP contribution in [0.1, 0.15) is 13.3 Å². The van der Waals surface area contributed by atoms with Crippen molar-refractivity contribution in [2.24, 2.45) is 0 Å². The van der Waals surface area contributed by atoms with Crippen molar-refractivity contribution in [2.45, 2.75) is 19.4 Å². The summed E-state index contributed by atoms with van der Waals surface area (Å²) < 4.78 is 23.9. The zero-order valence-corrected chi connectivity index (χ0v) is 11.8. The molecule has 8 nitrogen and oxygen atoms in total. The zero-order chi connectivity index (χ0) is 14.6. The Bertz CT molecular complexity index is 442. The Morgan fingerprint density at radius 3 is 2.16 bits per heavy atom. The van der Waals surface area contributed by atoms with Crippen LogP contribution in [0.4, 0.5) is 4.79 Å². The van der Waals surface area contributed by atoms with Crippen LogP contribution in [-0.4, -0.2) is 73.2 Å². The van der Waals surface area contributed by atoms with Crippen LogP contribution in [0.3, 0.4) is 0 Å². The van der Waals surface area contributed by atoms with E-state index < -0.39 is 28.1 Å². The molecule has 9 heteroatoms. The Labute approximate surface area is 112 Å². The first kappa shape index (κ1) is 15.7. The lowest BCUT2D eigenvalue weighted by atomic mass is 10.2. The summed E-state index contributed by atoms with van der Waals surface area (Å²) in [6.45, 7) is 2.65. The third-order valence-corrected chi connectivity index (χ3v) is 4.30. The molecule has 19 heavy (non-hydrogen) atoms. The van der Waals surface area contributed by atoms with Gasteiger partial charge in [-0.05, 0) is 6.42 Å². The zero-order valence-electron chi connectivity index (χ0n) is 11.0. The van der Waals surface area contributed by atoms with Gasteiger partial charge in [0, 0.05) is 26.2 Å². The molecule has 0 aromatic heterocycles. The highest BCUT2D eigenvalue weighted by Gasteiger charge is 2.27. The highest BCUT2D eigenvalue weighted by atomic mass is 32.2. The summed E-state index contributed by atoms with van der Waals surface area (Å²) in [5, 5.41) is 11.3. The normalized spacial score (nSPS) is 18.9. The van der Waals surface area contributed by atoms with E-state index in [0.717, 1.165) is 6.26 Å². The Hall–Kier alpha value is -1.35. The summed E-state index contributed by atoms with van der Waals surface area (Å²) in [4.78, 5) is 24.0. The average Bonchev–Trinajstić information content (AvgIpc) is 2.34. The molecule has 1 saturated heterocycles. The average molecular weight is 293 g/mol. The molecule has 0 aliphatic carbocycles. The van der Waals surface area contributed by atoms with E-state index in [1.165, 1.54) is 9.21 Å². The van der Waals surface area contributed by atoms with Crippen LogP contribution in [0.5, 0.6) is 0 Å². The number of rotatable bonds is 4. The minimum Gasteiger partial charge on any atom is -0.480 e. The fraction of sp³-hybridized carbons (Fsp3) is 0.800. The van der Waals surface area contributed by atoms with Crippen LogP contribution < -0.4 is 5.32 Å². The van der Waals surface area contributed by atoms with Crippen LogP contribution in [0.2, 0.25) is 0 Å². The van der Waals surface area contributed by atoms with Gasteiger partial charge in [0.1, 0.15) is 6.04 Å². The number of carbonyl (C=O) groups is 2. The van der Waals surface area contributed by atoms with Gasteiger partial charge in [0.25, 0.3) is 0 Å². The van der Waals surface area contributed by atoms with Crippen molar-refractivity contribution in [3.8, 4) is 0 Å². The van der Waals surface area contributed by atoms with E-state index in [2.05, 4.69) is 5.32 Å². The molecule has 1 aliphatic rings. The molecule has 110 valence electrons. The van der Waals surface area contributed by atoms with Gasteiger partial charge in [-0.25, -0.2) is 18.0 Å². The topological polar surface area (TPSA) is 107 Å². The van der Waals surface area contributed by atoms with E-state index >= 15 is 0 Å². The van der Waals surface area contributed by atoms with Crippen LogP contribution >= 0.6 is 0 Å². The highest BCUT2D eigenvalue weighted by Crippen LogP contribution is 2.06. The standard InChI is InChI=1S/C10H19N3O5S/c1-3-8(9(14)15)11-10(16)12-4-6-13(7-5-12)19(2,17)18/h8H,3-7H2,1-2H3,(H,11,16)(H,14,15)/t8-/m0/s1. The van der Waals surface area contributed by atoms with Crippen LogP contribution in [0.15, 0.2) is 0 Å². The van der Waals surface area contributed by atoms with Crippen molar-refractivity contribution < 1.29 is 23.1 Å². The minimum absolute atomic E-state index is 0.232. The fourth-order valence-electron chi connectivity index (χ4n) is 1.80. The van der Waals surface area contributed by atoms with E-state index in [9.17, 15) is 18.0 Å². The second-order valence-electron chi connectivity index (χ2n) is 4.40. The third kappa shape index (κ3) is 4.35. The molecule has 2 N–H and O–H groups in total. The monoisotopic (exact) mass is 293 g/mol. The maximum Gasteiger partial charge on any atom is 0.326 e. The quantitative estimate of drug-likeness (QED) is 0.701. The van der Waals surface area contributed by atoms with Crippen molar-refractivity contribution in [1.29, 1.82) is 0 Å². The predicted octanol–water partition coefficient (Wildman–Crippen LogP) is -0.864. The second kappa shape index (κ2) is 6.20. The number of amides is 2.